The highest BCUT2D eigenvalue weighted by Crippen LogP contribution is 2.26. The van der Waals surface area contributed by atoms with Crippen LogP contribution in [0.4, 0.5) is 5.95 Å². The molecule has 0 radical (unpaired) electrons. The van der Waals surface area contributed by atoms with Gasteiger partial charge in [0, 0.05) is 11.8 Å². The molecule has 1 aromatic carbocycles. The van der Waals surface area contributed by atoms with Crippen molar-refractivity contribution in [3.05, 3.63) is 42.9 Å². The third kappa shape index (κ3) is 1.46. The second kappa shape index (κ2) is 3.55. The van der Waals surface area contributed by atoms with Gasteiger partial charge in [0.05, 0.1) is 17.4 Å². The Morgan fingerprint density at radius 2 is 2.16 bits per heavy atom. The summed E-state index contributed by atoms with van der Waals surface area (Å²) < 4.78 is 1.66. The minimum Gasteiger partial charge on any atom is -0.366 e. The largest absolute Gasteiger partial charge is 0.366 e. The Labute approximate surface area is 107 Å². The van der Waals surface area contributed by atoms with Crippen LogP contribution in [0.3, 0.4) is 0 Å². The Morgan fingerprint density at radius 3 is 3.11 bits per heavy atom. The molecule has 0 aliphatic heterocycles. The molecule has 4 rings (SSSR count). The summed E-state index contributed by atoms with van der Waals surface area (Å²) in [5.74, 6) is 0.273. The van der Waals surface area contributed by atoms with E-state index in [1.807, 2.05) is 36.5 Å². The van der Waals surface area contributed by atoms with Crippen LogP contribution in [0.1, 0.15) is 0 Å². The van der Waals surface area contributed by atoms with Gasteiger partial charge in [-0.25, -0.2) is 9.50 Å². The van der Waals surface area contributed by atoms with Gasteiger partial charge in [0.1, 0.15) is 0 Å². The van der Waals surface area contributed by atoms with Gasteiger partial charge in [-0.05, 0) is 23.8 Å². The van der Waals surface area contributed by atoms with E-state index >= 15 is 0 Å². The van der Waals surface area contributed by atoms with Crippen LogP contribution < -0.4 is 5.73 Å². The van der Waals surface area contributed by atoms with E-state index < -0.39 is 0 Å². The van der Waals surface area contributed by atoms with Gasteiger partial charge in [-0.3, -0.25) is 0 Å². The van der Waals surface area contributed by atoms with Crippen LogP contribution in [0.25, 0.3) is 27.8 Å². The quantitative estimate of drug-likeness (QED) is 0.540. The molecule has 0 saturated carbocycles. The number of benzene rings is 1. The lowest BCUT2D eigenvalue weighted by atomic mass is 10.1. The number of nitrogens with zero attached hydrogens (tertiary/aromatic N) is 4. The fourth-order valence-corrected chi connectivity index (χ4v) is 2.26. The highest BCUT2D eigenvalue weighted by Gasteiger charge is 2.08. The van der Waals surface area contributed by atoms with Crippen molar-refractivity contribution in [1.29, 1.82) is 0 Å². The molecule has 0 bridgehead atoms. The van der Waals surface area contributed by atoms with E-state index in [0.29, 0.717) is 0 Å². The van der Waals surface area contributed by atoms with Crippen molar-refractivity contribution in [3.8, 4) is 11.1 Å². The monoisotopic (exact) mass is 250 g/mol. The van der Waals surface area contributed by atoms with Gasteiger partial charge in [-0.15, -0.1) is 5.10 Å². The van der Waals surface area contributed by atoms with E-state index in [9.17, 15) is 0 Å². The number of hydrogen-bond donors (Lipinski definition) is 2. The first-order chi connectivity index (χ1) is 9.31. The first-order valence-electron chi connectivity index (χ1n) is 5.86. The van der Waals surface area contributed by atoms with Crippen molar-refractivity contribution < 1.29 is 0 Å². The van der Waals surface area contributed by atoms with Crippen LogP contribution in [0.2, 0.25) is 0 Å². The molecule has 0 saturated heterocycles. The number of nitrogens with one attached hydrogen (secondary N) is 1. The van der Waals surface area contributed by atoms with E-state index in [-0.39, 0.29) is 5.95 Å². The normalized spacial score (nSPS) is 11.4. The van der Waals surface area contributed by atoms with Crippen LogP contribution in [0.15, 0.2) is 42.9 Å². The zero-order valence-electron chi connectivity index (χ0n) is 9.91. The number of imidazole rings is 1. The average molecular weight is 250 g/mol. The molecule has 19 heavy (non-hydrogen) atoms. The topological polar surface area (TPSA) is 84.9 Å². The molecule has 3 heterocycles. The summed E-state index contributed by atoms with van der Waals surface area (Å²) in [5.41, 5.74) is 10.4. The number of fused-ring (bicyclic) bond motifs is 2. The zero-order valence-corrected chi connectivity index (χ0v) is 9.91. The summed E-state index contributed by atoms with van der Waals surface area (Å²) in [7, 11) is 0. The third-order valence-corrected chi connectivity index (χ3v) is 3.11. The number of H-pyrrole nitrogens is 1. The fourth-order valence-electron chi connectivity index (χ4n) is 2.26. The Morgan fingerprint density at radius 1 is 1.21 bits per heavy atom. The van der Waals surface area contributed by atoms with Crippen molar-refractivity contribution in [2.75, 3.05) is 5.73 Å². The molecule has 0 aliphatic rings. The Kier molecular flexibility index (Phi) is 1.88. The molecule has 3 N–H and O–H groups in total. The standard InChI is InChI=1S/C13H10N6/c14-13-17-11-6-8(4-5-19(11)18-13)9-2-1-3-10-12(9)16-7-15-10/h1-7H,(H2,14,18)(H,15,16). The molecule has 92 valence electrons. The lowest BCUT2D eigenvalue weighted by Gasteiger charge is -2.02. The maximum atomic E-state index is 5.59. The molecule has 0 aliphatic carbocycles. The van der Waals surface area contributed by atoms with Gasteiger partial charge >= 0.3 is 0 Å². The lowest BCUT2D eigenvalue weighted by molar-refractivity contribution is 0.969. The van der Waals surface area contributed by atoms with E-state index in [1.54, 1.807) is 10.8 Å². The number of nitrogen functional groups attached to an aromatic ring is 1. The van der Waals surface area contributed by atoms with Gasteiger partial charge in [0.2, 0.25) is 5.95 Å². The van der Waals surface area contributed by atoms with Crippen molar-refractivity contribution in [3.63, 3.8) is 0 Å². The smallest absolute Gasteiger partial charge is 0.240 e. The Bertz CT molecular complexity index is 888. The molecule has 0 unspecified atom stereocenters. The maximum absolute atomic E-state index is 5.59. The molecule has 6 heteroatoms. The highest BCUT2D eigenvalue weighted by atomic mass is 15.3. The van der Waals surface area contributed by atoms with E-state index in [1.165, 1.54) is 0 Å². The van der Waals surface area contributed by atoms with Crippen LogP contribution in [0, 0.1) is 0 Å². The van der Waals surface area contributed by atoms with E-state index in [2.05, 4.69) is 20.1 Å². The molecule has 0 atom stereocenters. The minimum atomic E-state index is 0.273. The van der Waals surface area contributed by atoms with Gasteiger partial charge in [-0.2, -0.15) is 4.98 Å². The predicted molar refractivity (Wildman–Crippen MR) is 72.5 cm³/mol. The van der Waals surface area contributed by atoms with Crippen LogP contribution in [-0.2, 0) is 0 Å². The molecule has 0 amide bonds. The Balaban J connectivity index is 2.00. The van der Waals surface area contributed by atoms with Gasteiger partial charge in [-0.1, -0.05) is 12.1 Å². The number of anilines is 1. The summed E-state index contributed by atoms with van der Waals surface area (Å²) in [4.78, 5) is 11.6. The van der Waals surface area contributed by atoms with Crippen molar-refractivity contribution in [1.82, 2.24) is 24.6 Å². The zero-order chi connectivity index (χ0) is 12.8. The molecule has 4 aromatic rings. The molecule has 6 nitrogen and oxygen atoms in total. The molecular formula is C13H10N6. The number of hydrogen-bond acceptors (Lipinski definition) is 4. The maximum Gasteiger partial charge on any atom is 0.240 e. The summed E-state index contributed by atoms with van der Waals surface area (Å²) in [6, 6.07) is 9.96. The minimum absolute atomic E-state index is 0.273. The summed E-state index contributed by atoms with van der Waals surface area (Å²) in [5, 5.41) is 4.06. The van der Waals surface area contributed by atoms with E-state index in [4.69, 9.17) is 5.73 Å². The number of aromatic amines is 1. The van der Waals surface area contributed by atoms with Crippen LogP contribution in [-0.4, -0.2) is 24.6 Å². The number of nitrogens with two attached hydrogens (primary N) is 1. The molecular weight excluding hydrogens is 240 g/mol. The van der Waals surface area contributed by atoms with Crippen molar-refractivity contribution in [2.45, 2.75) is 0 Å². The summed E-state index contributed by atoms with van der Waals surface area (Å²) >= 11 is 0. The number of para-hydroxylation sites is 1. The summed E-state index contributed by atoms with van der Waals surface area (Å²) in [6.45, 7) is 0. The second-order valence-electron chi connectivity index (χ2n) is 4.29. The number of rotatable bonds is 1. The molecule has 0 spiro atoms. The number of pyridine rings is 1. The summed E-state index contributed by atoms with van der Waals surface area (Å²) in [6.07, 6.45) is 3.54. The first-order valence-corrected chi connectivity index (χ1v) is 5.86. The van der Waals surface area contributed by atoms with E-state index in [0.717, 1.165) is 27.8 Å². The predicted octanol–water partition coefficient (Wildman–Crippen LogP) is 1.85. The SMILES string of the molecule is Nc1nc2cc(-c3cccc4[nH]cnc34)ccn2n1. The van der Waals surface area contributed by atoms with Crippen LogP contribution >= 0.6 is 0 Å². The van der Waals surface area contributed by atoms with Gasteiger partial charge < -0.3 is 10.7 Å². The van der Waals surface area contributed by atoms with Crippen molar-refractivity contribution in [2.24, 2.45) is 0 Å². The number of aromatic nitrogens is 5. The molecule has 3 aromatic heterocycles. The lowest BCUT2D eigenvalue weighted by Crippen LogP contribution is -1.89. The first kappa shape index (κ1) is 10.1. The Hall–Kier alpha value is -2.89. The third-order valence-electron chi connectivity index (χ3n) is 3.11. The fraction of sp³-hybridized carbons (Fsp3) is 0. The van der Waals surface area contributed by atoms with Crippen molar-refractivity contribution >= 4 is 22.6 Å². The molecule has 0 fully saturated rings. The highest BCUT2D eigenvalue weighted by molar-refractivity contribution is 5.92. The van der Waals surface area contributed by atoms with Crippen LogP contribution in [0.5, 0.6) is 0 Å². The van der Waals surface area contributed by atoms with Gasteiger partial charge in [0.25, 0.3) is 0 Å². The van der Waals surface area contributed by atoms with Gasteiger partial charge in [0.15, 0.2) is 5.65 Å². The second-order valence-corrected chi connectivity index (χ2v) is 4.29. The average Bonchev–Trinajstić information content (AvgIpc) is 3.01.